The lowest BCUT2D eigenvalue weighted by molar-refractivity contribution is -0.121. The van der Waals surface area contributed by atoms with Crippen LogP contribution in [0.2, 0.25) is 0 Å². The lowest BCUT2D eigenvalue weighted by atomic mass is 9.86. The van der Waals surface area contributed by atoms with Crippen molar-refractivity contribution in [3.8, 4) is 0 Å². The molecule has 1 aliphatic rings. The topological polar surface area (TPSA) is 86.2 Å². The van der Waals surface area contributed by atoms with E-state index in [1.165, 1.54) is 23.5 Å². The number of anilines is 1. The molecule has 2 N–H and O–H groups in total. The molecule has 0 saturated carbocycles. The fourth-order valence-electron chi connectivity index (χ4n) is 3.62. The number of hydrogen-bond acceptors (Lipinski definition) is 5. The maximum absolute atomic E-state index is 13.4. The first kappa shape index (κ1) is 24.8. The third-order valence-electron chi connectivity index (χ3n) is 5.71. The number of nitrogens with zero attached hydrogens (tertiary/aromatic N) is 3. The molecule has 34 heavy (non-hydrogen) atoms. The second-order valence-corrected chi connectivity index (χ2v) is 8.32. The first-order chi connectivity index (χ1) is 16.2. The van der Waals surface area contributed by atoms with Gasteiger partial charge in [0.2, 0.25) is 5.91 Å². The van der Waals surface area contributed by atoms with Crippen LogP contribution in [0.1, 0.15) is 56.2 Å². The first-order valence-electron chi connectivity index (χ1n) is 11.2. The van der Waals surface area contributed by atoms with Crippen molar-refractivity contribution in [2.45, 2.75) is 46.5 Å². The normalized spacial score (nSPS) is 16.6. The molecule has 1 heterocycles. The van der Waals surface area contributed by atoms with Crippen molar-refractivity contribution in [3.05, 3.63) is 76.7 Å². The average molecular weight is 464 g/mol. The summed E-state index contributed by atoms with van der Waals surface area (Å²) in [5.41, 5.74) is 5.21. The summed E-state index contributed by atoms with van der Waals surface area (Å²) in [5.74, 6) is -1.36. The van der Waals surface area contributed by atoms with E-state index in [-0.39, 0.29) is 24.1 Å². The molecule has 2 amide bonds. The Morgan fingerprint density at radius 1 is 1.18 bits per heavy atom. The summed E-state index contributed by atoms with van der Waals surface area (Å²) in [6.45, 7) is 7.77. The highest BCUT2D eigenvalue weighted by Gasteiger charge is 2.29. The molecule has 178 valence electrons. The zero-order valence-corrected chi connectivity index (χ0v) is 20.1. The molecule has 0 saturated heterocycles. The van der Waals surface area contributed by atoms with Crippen LogP contribution in [-0.2, 0) is 9.59 Å². The Morgan fingerprint density at radius 3 is 2.56 bits per heavy atom. The average Bonchev–Trinajstić information content (AvgIpc) is 2.80. The molecule has 1 aliphatic heterocycles. The van der Waals surface area contributed by atoms with Gasteiger partial charge in [0, 0.05) is 42.6 Å². The fourth-order valence-corrected chi connectivity index (χ4v) is 3.62. The van der Waals surface area contributed by atoms with Crippen molar-refractivity contribution in [2.75, 3.05) is 12.4 Å². The van der Waals surface area contributed by atoms with Crippen molar-refractivity contribution in [2.24, 2.45) is 10.2 Å². The third kappa shape index (κ3) is 6.15. The van der Waals surface area contributed by atoms with Gasteiger partial charge in [-0.1, -0.05) is 31.2 Å². The molecule has 1 atom stereocenters. The fraction of sp³-hybridized carbons (Fsp3) is 0.308. The number of rotatable bonds is 7. The van der Waals surface area contributed by atoms with E-state index in [0.29, 0.717) is 16.8 Å². The molecule has 3 rings (SSSR count). The number of hydrazone groups is 2. The molecule has 2 aromatic carbocycles. The van der Waals surface area contributed by atoms with E-state index in [4.69, 9.17) is 0 Å². The summed E-state index contributed by atoms with van der Waals surface area (Å²) in [6.07, 6.45) is 2.39. The minimum Gasteiger partial charge on any atom is -0.332 e. The monoisotopic (exact) mass is 463 g/mol. The number of hydrogen-bond donors (Lipinski definition) is 2. The van der Waals surface area contributed by atoms with Crippen LogP contribution in [0.4, 0.5) is 10.1 Å². The zero-order valence-electron chi connectivity index (χ0n) is 20.1. The molecule has 8 heteroatoms. The highest BCUT2D eigenvalue weighted by atomic mass is 19.1. The van der Waals surface area contributed by atoms with E-state index in [0.717, 1.165) is 29.0 Å². The maximum atomic E-state index is 13.4. The van der Waals surface area contributed by atoms with Gasteiger partial charge in [-0.2, -0.15) is 15.3 Å². The lowest BCUT2D eigenvalue weighted by Crippen LogP contribution is -2.32. The Kier molecular flexibility index (Phi) is 7.94. The highest BCUT2D eigenvalue weighted by molar-refractivity contribution is 6.07. The summed E-state index contributed by atoms with van der Waals surface area (Å²) in [6, 6.07) is 11.6. The maximum Gasteiger partial charge on any atom is 0.253 e. The molecule has 0 radical (unpaired) electrons. The van der Waals surface area contributed by atoms with Crippen LogP contribution in [-0.4, -0.2) is 35.4 Å². The van der Waals surface area contributed by atoms with Gasteiger partial charge in [-0.15, -0.1) is 0 Å². The number of amides is 2. The van der Waals surface area contributed by atoms with E-state index < -0.39 is 5.92 Å². The van der Waals surface area contributed by atoms with Crippen molar-refractivity contribution < 1.29 is 14.0 Å². The van der Waals surface area contributed by atoms with E-state index >= 15 is 0 Å². The van der Waals surface area contributed by atoms with Crippen LogP contribution in [0, 0.1) is 12.7 Å². The van der Waals surface area contributed by atoms with E-state index in [9.17, 15) is 14.0 Å². The van der Waals surface area contributed by atoms with Crippen molar-refractivity contribution in [3.63, 3.8) is 0 Å². The van der Waals surface area contributed by atoms with Crippen LogP contribution in [0.3, 0.4) is 0 Å². The van der Waals surface area contributed by atoms with E-state index in [1.54, 1.807) is 19.2 Å². The molecular weight excluding hydrogens is 433 g/mol. The predicted molar refractivity (Wildman–Crippen MR) is 133 cm³/mol. The van der Waals surface area contributed by atoms with Crippen LogP contribution in [0.25, 0.3) is 0 Å². The van der Waals surface area contributed by atoms with E-state index in [2.05, 4.69) is 20.8 Å². The number of aryl methyl sites for hydroxylation is 1. The number of carbonyl (C=O) groups excluding carboxylic acids is 2. The Balaban J connectivity index is 1.85. The van der Waals surface area contributed by atoms with Gasteiger partial charge in [0.15, 0.2) is 0 Å². The molecule has 0 bridgehead atoms. The molecule has 1 unspecified atom stereocenters. The van der Waals surface area contributed by atoms with Crippen LogP contribution < -0.4 is 10.6 Å². The Morgan fingerprint density at radius 2 is 1.88 bits per heavy atom. The van der Waals surface area contributed by atoms with Gasteiger partial charge < -0.3 is 10.6 Å². The SMILES string of the molecule is CCC(C)=NN(C)N=C(C)c1ccc(C)c(NC(=O)C2=CNC(=O)CC2c2ccc(F)cc2)c1. The van der Waals surface area contributed by atoms with Crippen LogP contribution in [0.5, 0.6) is 0 Å². The Bertz CT molecular complexity index is 1170. The Hall–Kier alpha value is -3.81. The minimum atomic E-state index is -0.463. The minimum absolute atomic E-state index is 0.111. The summed E-state index contributed by atoms with van der Waals surface area (Å²) in [7, 11) is 1.78. The second-order valence-electron chi connectivity index (χ2n) is 8.32. The van der Waals surface area contributed by atoms with Gasteiger partial charge in [0.1, 0.15) is 5.82 Å². The quantitative estimate of drug-likeness (QED) is 0.461. The van der Waals surface area contributed by atoms with Gasteiger partial charge >= 0.3 is 0 Å². The van der Waals surface area contributed by atoms with Crippen LogP contribution >= 0.6 is 0 Å². The summed E-state index contributed by atoms with van der Waals surface area (Å²) in [4.78, 5) is 25.2. The van der Waals surface area contributed by atoms with Gasteiger partial charge in [-0.05, 0) is 62.1 Å². The molecule has 0 spiro atoms. The third-order valence-corrected chi connectivity index (χ3v) is 5.71. The standard InChI is InChI=1S/C26H30FN5O2/c1-6-17(3)30-32(5)31-18(4)20-8-7-16(2)24(13-20)29-26(34)23-15-28-25(33)14-22(23)19-9-11-21(27)12-10-19/h7-13,15,22H,6,14H2,1-5H3,(H,28,33)(H,29,34). The summed E-state index contributed by atoms with van der Waals surface area (Å²) in [5, 5.41) is 16.0. The molecule has 0 aliphatic carbocycles. The first-order valence-corrected chi connectivity index (χ1v) is 11.2. The zero-order chi connectivity index (χ0) is 24.8. The number of benzene rings is 2. The molecule has 2 aromatic rings. The number of halogens is 1. The highest BCUT2D eigenvalue weighted by Crippen LogP contribution is 2.31. The second kappa shape index (κ2) is 10.9. The Labute approximate surface area is 199 Å². The van der Waals surface area contributed by atoms with Crippen molar-refractivity contribution in [1.29, 1.82) is 0 Å². The molecule has 7 nitrogen and oxygen atoms in total. The van der Waals surface area contributed by atoms with Crippen molar-refractivity contribution in [1.82, 2.24) is 10.4 Å². The molecular formula is C26H30FN5O2. The summed E-state index contributed by atoms with van der Waals surface area (Å²) < 4.78 is 13.4. The van der Waals surface area contributed by atoms with E-state index in [1.807, 2.05) is 45.9 Å². The molecule has 0 aromatic heterocycles. The smallest absolute Gasteiger partial charge is 0.253 e. The number of nitrogens with one attached hydrogen (secondary N) is 2. The largest absolute Gasteiger partial charge is 0.332 e. The van der Waals surface area contributed by atoms with Gasteiger partial charge in [0.25, 0.3) is 5.91 Å². The summed E-state index contributed by atoms with van der Waals surface area (Å²) >= 11 is 0. The van der Waals surface area contributed by atoms with Crippen molar-refractivity contribution >= 4 is 28.9 Å². The van der Waals surface area contributed by atoms with Crippen LogP contribution in [0.15, 0.2) is 64.4 Å². The van der Waals surface area contributed by atoms with Gasteiger partial charge in [-0.3, -0.25) is 9.59 Å². The predicted octanol–water partition coefficient (Wildman–Crippen LogP) is 4.70. The molecule has 0 fully saturated rings. The lowest BCUT2D eigenvalue weighted by Gasteiger charge is -2.24. The van der Waals surface area contributed by atoms with Gasteiger partial charge in [0.05, 0.1) is 5.71 Å². The van der Waals surface area contributed by atoms with Gasteiger partial charge in [-0.25, -0.2) is 4.39 Å². The number of carbonyl (C=O) groups is 2.